The molecule has 292 valence electrons. The molecule has 0 aromatic heterocycles. The van der Waals surface area contributed by atoms with E-state index >= 15 is 0 Å². The maximum absolute atomic E-state index is 13.6. The van der Waals surface area contributed by atoms with E-state index in [1.54, 1.807) is 0 Å². The van der Waals surface area contributed by atoms with Crippen LogP contribution in [0.3, 0.4) is 0 Å². The van der Waals surface area contributed by atoms with Gasteiger partial charge >= 0.3 is 18.0 Å². The monoisotopic (exact) mass is 776 g/mol. The van der Waals surface area contributed by atoms with E-state index in [9.17, 15) is 24.3 Å². The van der Waals surface area contributed by atoms with Crippen molar-refractivity contribution in [2.24, 2.45) is 16.3 Å². The van der Waals surface area contributed by atoms with Crippen molar-refractivity contribution in [3.63, 3.8) is 0 Å². The van der Waals surface area contributed by atoms with Gasteiger partial charge in [0, 0.05) is 38.3 Å². The molecular weight excluding hydrogens is 721 g/mol. The second kappa shape index (κ2) is 18.9. The van der Waals surface area contributed by atoms with Gasteiger partial charge in [-0.2, -0.15) is 11.8 Å². The number of nitrogens with one attached hydrogen (secondary N) is 1. The Morgan fingerprint density at radius 1 is 0.981 bits per heavy atom. The summed E-state index contributed by atoms with van der Waals surface area (Å²) in [6, 6.07) is 14.7. The molecule has 2 aliphatic rings. The van der Waals surface area contributed by atoms with Crippen LogP contribution in [0.5, 0.6) is 0 Å². The molecule has 2 N–H and O–H groups in total. The predicted octanol–water partition coefficient (Wildman–Crippen LogP) is 8.29. The van der Waals surface area contributed by atoms with Crippen LogP contribution in [0.25, 0.3) is 11.1 Å². The molecule has 0 aliphatic heterocycles. The third-order valence-electron chi connectivity index (χ3n) is 9.25. The Bertz CT molecular complexity index is 1720. The molecule has 0 radical (unpaired) electrons. The number of fused-ring (bicyclic) bond motifs is 3. The molecule has 12 heteroatoms. The van der Waals surface area contributed by atoms with Gasteiger partial charge in [-0.25, -0.2) is 14.4 Å². The summed E-state index contributed by atoms with van der Waals surface area (Å²) in [4.78, 5) is 58.2. The van der Waals surface area contributed by atoms with Crippen LogP contribution in [0.1, 0.15) is 64.0 Å². The lowest BCUT2D eigenvalue weighted by molar-refractivity contribution is -0.144. The molecule has 1 amide bonds. The third kappa shape index (κ3) is 11.9. The lowest BCUT2D eigenvalue weighted by Crippen LogP contribution is -2.44. The van der Waals surface area contributed by atoms with Gasteiger partial charge < -0.3 is 24.6 Å². The molecule has 0 heterocycles. The second-order valence-corrected chi connectivity index (χ2v) is 23.1. The van der Waals surface area contributed by atoms with Crippen LogP contribution < -0.4 is 5.32 Å². The SMILES string of the molecule is C=CCOC(=O)[C@H](CSC[C@@H](N=C(CC(C)C)C1=C(O)CC(C)(C)CC1=O)C(=O)OCC[Si](C)(C)C)NC(=O)OCC1c2ccccc2-c2ccccc21. The van der Waals surface area contributed by atoms with Crippen LogP contribution in [0.2, 0.25) is 25.7 Å². The Labute approximate surface area is 325 Å². The molecular formula is C42H56N2O8SSi. The summed E-state index contributed by atoms with van der Waals surface area (Å²) in [5.74, 6) is -1.43. The number of aliphatic hydroxyl groups excluding tert-OH is 1. The van der Waals surface area contributed by atoms with Crippen LogP contribution in [0.15, 0.2) is 77.5 Å². The van der Waals surface area contributed by atoms with Crippen molar-refractivity contribution in [2.75, 3.05) is 31.3 Å². The minimum absolute atomic E-state index is 0.0218. The molecule has 4 rings (SSSR count). The quantitative estimate of drug-likeness (QED) is 0.0503. The number of carbonyl (C=O) groups excluding carboxylic acids is 4. The van der Waals surface area contributed by atoms with Crippen molar-refractivity contribution in [3.8, 4) is 11.1 Å². The number of allylic oxidation sites excluding steroid dienone is 2. The average Bonchev–Trinajstić information content (AvgIpc) is 3.40. The number of benzene rings is 2. The summed E-state index contributed by atoms with van der Waals surface area (Å²) in [5.41, 5.74) is 4.47. The Morgan fingerprint density at radius 3 is 2.19 bits per heavy atom. The Kier molecular flexibility index (Phi) is 14.9. The molecule has 2 aliphatic carbocycles. The molecule has 0 unspecified atom stereocenters. The minimum atomic E-state index is -1.52. The Balaban J connectivity index is 1.52. The normalized spacial score (nSPS) is 16.7. The number of ketones is 1. The van der Waals surface area contributed by atoms with Crippen molar-refractivity contribution >= 4 is 49.4 Å². The number of esters is 2. The number of hydrogen-bond donors (Lipinski definition) is 2. The third-order valence-corrected chi connectivity index (χ3v) is 12.1. The van der Waals surface area contributed by atoms with Crippen molar-refractivity contribution < 1.29 is 38.5 Å². The first kappa shape index (κ1) is 42.6. The van der Waals surface area contributed by atoms with Crippen LogP contribution in [0.4, 0.5) is 4.79 Å². The zero-order valence-corrected chi connectivity index (χ0v) is 34.6. The molecule has 0 spiro atoms. The zero-order valence-electron chi connectivity index (χ0n) is 32.7. The van der Waals surface area contributed by atoms with Crippen molar-refractivity contribution in [2.45, 2.75) is 90.6 Å². The lowest BCUT2D eigenvalue weighted by atomic mass is 9.75. The highest BCUT2D eigenvalue weighted by atomic mass is 32.2. The molecule has 54 heavy (non-hydrogen) atoms. The maximum Gasteiger partial charge on any atom is 0.407 e. The molecule has 2 aromatic rings. The first-order valence-corrected chi connectivity index (χ1v) is 23.5. The highest BCUT2D eigenvalue weighted by Gasteiger charge is 2.36. The second-order valence-electron chi connectivity index (χ2n) is 16.4. The fourth-order valence-corrected chi connectivity index (χ4v) is 8.35. The van der Waals surface area contributed by atoms with Crippen molar-refractivity contribution in [1.82, 2.24) is 5.32 Å². The summed E-state index contributed by atoms with van der Waals surface area (Å²) in [7, 11) is -1.52. The van der Waals surface area contributed by atoms with Gasteiger partial charge in [-0.3, -0.25) is 9.79 Å². The summed E-state index contributed by atoms with van der Waals surface area (Å²) in [6.45, 7) is 18.3. The molecule has 2 atom stereocenters. The number of alkyl carbamates (subject to hydrolysis) is 1. The number of aliphatic imine (C=N–C) groups is 1. The van der Waals surface area contributed by atoms with Gasteiger partial charge in [0.1, 0.15) is 25.0 Å². The fraction of sp³-hybridized carbons (Fsp3) is 0.500. The van der Waals surface area contributed by atoms with Gasteiger partial charge in [0.25, 0.3) is 0 Å². The molecule has 0 fully saturated rings. The van der Waals surface area contributed by atoms with E-state index in [4.69, 9.17) is 19.2 Å². The number of carbonyl (C=O) groups is 4. The van der Waals surface area contributed by atoms with Crippen LogP contribution in [0, 0.1) is 11.3 Å². The summed E-state index contributed by atoms with van der Waals surface area (Å²) in [5, 5.41) is 13.7. The number of hydrogen-bond acceptors (Lipinski definition) is 10. The van der Waals surface area contributed by atoms with E-state index in [0.717, 1.165) is 28.3 Å². The number of ether oxygens (including phenoxy) is 3. The maximum atomic E-state index is 13.6. The number of Topliss-reactive ketones (excluding diaryl/α,β-unsaturated/α-hetero) is 1. The van der Waals surface area contributed by atoms with E-state index < -0.39 is 43.6 Å². The average molecular weight is 777 g/mol. The first-order valence-electron chi connectivity index (χ1n) is 18.7. The number of aliphatic hydroxyl groups is 1. The Hall–Kier alpha value is -4.16. The van der Waals surface area contributed by atoms with Crippen LogP contribution in [-0.2, 0) is 28.6 Å². The van der Waals surface area contributed by atoms with Crippen LogP contribution in [-0.4, -0.2) is 86.1 Å². The van der Waals surface area contributed by atoms with E-state index in [1.807, 2.05) is 64.1 Å². The molecule has 0 saturated carbocycles. The molecule has 2 aromatic carbocycles. The Morgan fingerprint density at radius 2 is 1.61 bits per heavy atom. The largest absolute Gasteiger partial charge is 0.511 e. The van der Waals surface area contributed by atoms with E-state index in [1.165, 1.54) is 17.8 Å². The van der Waals surface area contributed by atoms with Crippen molar-refractivity contribution in [1.29, 1.82) is 0 Å². The van der Waals surface area contributed by atoms with E-state index in [0.29, 0.717) is 18.6 Å². The van der Waals surface area contributed by atoms with Gasteiger partial charge in [0.15, 0.2) is 11.8 Å². The topological polar surface area (TPSA) is 141 Å². The minimum Gasteiger partial charge on any atom is -0.511 e. The fourth-order valence-electron chi connectivity index (χ4n) is 6.61. The summed E-state index contributed by atoms with van der Waals surface area (Å²) >= 11 is 1.21. The van der Waals surface area contributed by atoms with E-state index in [-0.39, 0.29) is 66.7 Å². The van der Waals surface area contributed by atoms with Crippen LogP contribution >= 0.6 is 11.8 Å². The lowest BCUT2D eigenvalue weighted by Gasteiger charge is -2.30. The number of thioether (sulfide) groups is 1. The molecule has 10 nitrogen and oxygen atoms in total. The smallest absolute Gasteiger partial charge is 0.407 e. The van der Waals surface area contributed by atoms with E-state index in [2.05, 4.69) is 43.7 Å². The summed E-state index contributed by atoms with van der Waals surface area (Å²) in [6.07, 6.45) is 1.60. The van der Waals surface area contributed by atoms with Gasteiger partial charge in [-0.1, -0.05) is 109 Å². The highest BCUT2D eigenvalue weighted by molar-refractivity contribution is 7.99. The summed E-state index contributed by atoms with van der Waals surface area (Å²) < 4.78 is 16.8. The van der Waals surface area contributed by atoms with Gasteiger partial charge in [0.05, 0.1) is 17.9 Å². The molecule has 0 bridgehead atoms. The number of rotatable bonds is 18. The molecule has 0 saturated heterocycles. The highest BCUT2D eigenvalue weighted by Crippen LogP contribution is 2.44. The number of nitrogens with zero attached hydrogens (tertiary/aromatic N) is 1. The van der Waals surface area contributed by atoms with Gasteiger partial charge in [-0.05, 0) is 46.1 Å². The first-order chi connectivity index (χ1) is 25.5. The van der Waals surface area contributed by atoms with Gasteiger partial charge in [-0.15, -0.1) is 0 Å². The number of amides is 1. The standard InChI is InChI=1S/C42H56N2O8SSi/c1-9-18-50-40(48)35(44-41(49)52-24-32-30-16-12-10-14-28(30)29-15-11-13-17-31(29)32)26-53-25-34(39(47)51-19-20-54(6,7)8)43-33(21-27(2)3)38-36(45)22-42(4,5)23-37(38)46/h9-17,27,32,34-35,45H,1,18-26H2,2-8H3,(H,44,49)/t34-,35+/m1/s1. The predicted molar refractivity (Wildman–Crippen MR) is 218 cm³/mol. The zero-order chi connectivity index (χ0) is 39.6. The van der Waals surface area contributed by atoms with Crippen molar-refractivity contribution in [3.05, 3.63) is 83.6 Å². The van der Waals surface area contributed by atoms with Gasteiger partial charge in [0.2, 0.25) is 0 Å².